The lowest BCUT2D eigenvalue weighted by Crippen LogP contribution is -2.50. The molecule has 2 saturated heterocycles. The Morgan fingerprint density at radius 2 is 1.97 bits per heavy atom. The molecule has 0 bridgehead atoms. The van der Waals surface area contributed by atoms with Crippen LogP contribution in [0.25, 0.3) is 22.6 Å². The smallest absolute Gasteiger partial charge is 0.258 e. The van der Waals surface area contributed by atoms with Crippen LogP contribution in [-0.2, 0) is 6.42 Å². The van der Waals surface area contributed by atoms with Gasteiger partial charge in [0, 0.05) is 62.4 Å². The number of imidazole rings is 1. The number of hydrogen-bond donors (Lipinski definition) is 0. The summed E-state index contributed by atoms with van der Waals surface area (Å²) in [6, 6.07) is 8.19. The second-order valence-corrected chi connectivity index (χ2v) is 9.22. The van der Waals surface area contributed by atoms with Gasteiger partial charge in [-0.15, -0.1) is 0 Å². The van der Waals surface area contributed by atoms with Gasteiger partial charge in [-0.3, -0.25) is 14.1 Å². The van der Waals surface area contributed by atoms with Crippen molar-refractivity contribution < 1.29 is 0 Å². The Morgan fingerprint density at radius 3 is 2.82 bits per heavy atom. The predicted octanol–water partition coefficient (Wildman–Crippen LogP) is 3.33. The first-order valence-electron chi connectivity index (χ1n) is 11.7. The van der Waals surface area contributed by atoms with Crippen LogP contribution in [-0.4, -0.2) is 55.9 Å². The van der Waals surface area contributed by atoms with Crippen LogP contribution in [0.4, 0.5) is 5.69 Å². The van der Waals surface area contributed by atoms with Crippen molar-refractivity contribution >= 4 is 17.0 Å². The number of nitrogens with zero attached hydrogens (tertiary/aromatic N) is 6. The van der Waals surface area contributed by atoms with E-state index in [4.69, 9.17) is 4.98 Å². The first-order chi connectivity index (χ1) is 16.0. The molecule has 7 heteroatoms. The molecular formula is C26H28N6O. The predicted molar refractivity (Wildman–Crippen MR) is 131 cm³/mol. The van der Waals surface area contributed by atoms with E-state index in [9.17, 15) is 4.79 Å². The van der Waals surface area contributed by atoms with Gasteiger partial charge >= 0.3 is 0 Å². The van der Waals surface area contributed by atoms with Crippen LogP contribution in [0.1, 0.15) is 24.6 Å². The van der Waals surface area contributed by atoms with Crippen LogP contribution >= 0.6 is 0 Å². The molecule has 0 aliphatic carbocycles. The van der Waals surface area contributed by atoms with Crippen LogP contribution in [0.15, 0.2) is 59.8 Å². The highest BCUT2D eigenvalue weighted by atomic mass is 16.1. The van der Waals surface area contributed by atoms with E-state index in [1.54, 1.807) is 10.5 Å². The minimum absolute atomic E-state index is 0.0688. The minimum atomic E-state index is -0.0688. The summed E-state index contributed by atoms with van der Waals surface area (Å²) in [5.41, 5.74) is 7.66. The fourth-order valence-electron chi connectivity index (χ4n) is 5.28. The molecule has 0 aromatic carbocycles. The average Bonchev–Trinajstić information content (AvgIpc) is 3.39. The van der Waals surface area contributed by atoms with E-state index >= 15 is 0 Å². The number of rotatable bonds is 3. The Kier molecular flexibility index (Phi) is 4.62. The monoisotopic (exact) mass is 440 g/mol. The third-order valence-electron chi connectivity index (χ3n) is 7.12. The summed E-state index contributed by atoms with van der Waals surface area (Å²) in [5.74, 6) is 0. The first kappa shape index (κ1) is 20.2. The Balaban J connectivity index is 1.38. The molecule has 7 nitrogen and oxygen atoms in total. The van der Waals surface area contributed by atoms with Crippen molar-refractivity contribution in [2.24, 2.45) is 0 Å². The van der Waals surface area contributed by atoms with Crippen molar-refractivity contribution in [3.63, 3.8) is 0 Å². The summed E-state index contributed by atoms with van der Waals surface area (Å²) in [6.07, 6.45) is 7.91. The first-order valence-corrected chi connectivity index (χ1v) is 11.7. The summed E-state index contributed by atoms with van der Waals surface area (Å²) in [4.78, 5) is 27.5. The number of anilines is 1. The standard InChI is InChI=1S/C26H28N6O/c1-4-19-11-20(14-31-13-18(3)27-26(19)31)22-12-25(33)32-15-21(5-6-24(32)28-22)30-10-9-29-8-7-17(2)23(29)16-30/h5-6,11-15,23H,2,4,7-10,16H2,1,3H3. The van der Waals surface area contributed by atoms with Gasteiger partial charge in [-0.25, -0.2) is 9.97 Å². The number of aryl methyl sites for hydroxylation is 2. The van der Waals surface area contributed by atoms with Gasteiger partial charge in [0.1, 0.15) is 11.3 Å². The minimum Gasteiger partial charge on any atom is -0.367 e. The number of piperazine rings is 1. The van der Waals surface area contributed by atoms with Crippen LogP contribution in [0, 0.1) is 6.92 Å². The maximum Gasteiger partial charge on any atom is 0.258 e. The van der Waals surface area contributed by atoms with E-state index in [0.29, 0.717) is 17.4 Å². The second kappa shape index (κ2) is 7.56. The highest BCUT2D eigenvalue weighted by Crippen LogP contribution is 2.28. The van der Waals surface area contributed by atoms with Crippen LogP contribution in [0.2, 0.25) is 0 Å². The molecule has 0 radical (unpaired) electrons. The maximum absolute atomic E-state index is 13.1. The Bertz CT molecular complexity index is 1470. The molecule has 2 aliphatic rings. The molecule has 0 N–H and O–H groups in total. The van der Waals surface area contributed by atoms with E-state index in [-0.39, 0.29) is 5.56 Å². The van der Waals surface area contributed by atoms with Gasteiger partial charge in [0.15, 0.2) is 0 Å². The van der Waals surface area contributed by atoms with Crippen molar-refractivity contribution in [1.29, 1.82) is 0 Å². The Hall–Kier alpha value is -3.45. The van der Waals surface area contributed by atoms with E-state index < -0.39 is 0 Å². The number of aromatic nitrogens is 4. The molecule has 4 aromatic rings. The molecule has 6 heterocycles. The maximum atomic E-state index is 13.1. The van der Waals surface area contributed by atoms with E-state index in [2.05, 4.69) is 40.4 Å². The van der Waals surface area contributed by atoms with Gasteiger partial charge < -0.3 is 9.30 Å². The summed E-state index contributed by atoms with van der Waals surface area (Å²) < 4.78 is 3.70. The van der Waals surface area contributed by atoms with Gasteiger partial charge in [-0.1, -0.05) is 19.1 Å². The van der Waals surface area contributed by atoms with Crippen molar-refractivity contribution in [2.45, 2.75) is 32.7 Å². The zero-order valence-electron chi connectivity index (χ0n) is 19.2. The molecule has 0 saturated carbocycles. The van der Waals surface area contributed by atoms with Crippen LogP contribution < -0.4 is 10.5 Å². The second-order valence-electron chi connectivity index (χ2n) is 9.22. The lowest BCUT2D eigenvalue weighted by molar-refractivity contribution is 0.245. The van der Waals surface area contributed by atoms with Crippen molar-refractivity contribution in [1.82, 2.24) is 23.7 Å². The molecule has 0 spiro atoms. The summed E-state index contributed by atoms with van der Waals surface area (Å²) in [7, 11) is 0. The van der Waals surface area contributed by atoms with Crippen LogP contribution in [0.3, 0.4) is 0 Å². The van der Waals surface area contributed by atoms with Gasteiger partial charge in [-0.05, 0) is 43.5 Å². The van der Waals surface area contributed by atoms with Gasteiger partial charge in [0.25, 0.3) is 5.56 Å². The largest absolute Gasteiger partial charge is 0.367 e. The van der Waals surface area contributed by atoms with Gasteiger partial charge in [0.05, 0.1) is 17.1 Å². The van der Waals surface area contributed by atoms with Gasteiger partial charge in [0.2, 0.25) is 0 Å². The van der Waals surface area contributed by atoms with Crippen molar-refractivity contribution in [3.05, 3.63) is 76.6 Å². The molecule has 168 valence electrons. The third kappa shape index (κ3) is 3.35. The van der Waals surface area contributed by atoms with E-state index in [1.165, 1.54) is 5.57 Å². The molecule has 33 heavy (non-hydrogen) atoms. The third-order valence-corrected chi connectivity index (χ3v) is 7.12. The van der Waals surface area contributed by atoms with Crippen LogP contribution in [0.5, 0.6) is 0 Å². The molecule has 1 atom stereocenters. The Labute approximate surface area is 192 Å². The summed E-state index contributed by atoms with van der Waals surface area (Å²) in [6.45, 7) is 12.4. The molecule has 6 rings (SSSR count). The molecule has 1 unspecified atom stereocenters. The number of fused-ring (bicyclic) bond motifs is 3. The number of hydrogen-bond acceptors (Lipinski definition) is 5. The quantitative estimate of drug-likeness (QED) is 0.458. The highest BCUT2D eigenvalue weighted by Gasteiger charge is 2.33. The molecule has 2 aliphatic heterocycles. The fourth-order valence-corrected chi connectivity index (χ4v) is 5.28. The van der Waals surface area contributed by atoms with E-state index in [0.717, 1.165) is 67.2 Å². The fraction of sp³-hybridized carbons (Fsp3) is 0.346. The lowest BCUT2D eigenvalue weighted by atomic mass is 10.1. The topological polar surface area (TPSA) is 58.2 Å². The molecule has 0 amide bonds. The van der Waals surface area contributed by atoms with Crippen molar-refractivity contribution in [3.8, 4) is 11.3 Å². The average molecular weight is 441 g/mol. The molecule has 4 aromatic heterocycles. The zero-order chi connectivity index (χ0) is 22.7. The highest BCUT2D eigenvalue weighted by molar-refractivity contribution is 5.66. The molecule has 2 fully saturated rings. The Morgan fingerprint density at radius 1 is 1.09 bits per heavy atom. The molecular weight excluding hydrogens is 412 g/mol. The van der Waals surface area contributed by atoms with E-state index in [1.807, 2.05) is 36.0 Å². The van der Waals surface area contributed by atoms with Crippen molar-refractivity contribution in [2.75, 3.05) is 31.1 Å². The normalized spacial score (nSPS) is 19.0. The zero-order valence-corrected chi connectivity index (χ0v) is 19.2. The summed E-state index contributed by atoms with van der Waals surface area (Å²) >= 11 is 0. The summed E-state index contributed by atoms with van der Waals surface area (Å²) in [5, 5.41) is 0. The lowest BCUT2D eigenvalue weighted by Gasteiger charge is -2.39. The van der Waals surface area contributed by atoms with Gasteiger partial charge in [-0.2, -0.15) is 0 Å². The number of pyridine rings is 2. The SMILES string of the molecule is C=C1CCN2CCN(c3ccc4nc(-c5cc(CC)c6nc(C)cn6c5)cc(=O)n4c3)CC12.